The Bertz CT molecular complexity index is 1440. The molecule has 1 aromatic heterocycles. The summed E-state index contributed by atoms with van der Waals surface area (Å²) in [5, 5.41) is 0. The molecule has 1 N–H and O–H groups in total. The molecule has 0 aliphatic rings. The zero-order valence-electron chi connectivity index (χ0n) is 17.1. The SMILES string of the molecule is CCc1ccc2c(c1)sc(=NC(=O)c1cccc(NS(=O)(=O)c3ccccc3)c1)n2C. The third-order valence-corrected chi connectivity index (χ3v) is 7.39. The molecule has 4 rings (SSSR count). The minimum Gasteiger partial charge on any atom is -0.319 e. The van der Waals surface area contributed by atoms with Crippen LogP contribution in [-0.4, -0.2) is 18.9 Å². The monoisotopic (exact) mass is 451 g/mol. The molecule has 8 heteroatoms. The molecule has 0 unspecified atom stereocenters. The standard InChI is InChI=1S/C23H21N3O3S2/c1-3-16-12-13-20-21(14-16)30-23(26(20)2)24-22(27)17-8-7-9-18(15-17)25-31(28,29)19-10-5-4-6-11-19/h4-15,25H,3H2,1-2H3. The normalized spacial score (nSPS) is 12.3. The number of benzene rings is 3. The predicted octanol–water partition coefficient (Wildman–Crippen LogP) is 4.34. The number of aryl methyl sites for hydroxylation is 2. The number of carbonyl (C=O) groups is 1. The van der Waals surface area contributed by atoms with Crippen LogP contribution in [0.2, 0.25) is 0 Å². The molecule has 1 amide bonds. The highest BCUT2D eigenvalue weighted by molar-refractivity contribution is 7.92. The molecule has 4 aromatic rings. The Hall–Kier alpha value is -3.23. The molecule has 158 valence electrons. The van der Waals surface area contributed by atoms with E-state index >= 15 is 0 Å². The van der Waals surface area contributed by atoms with Gasteiger partial charge in [0.05, 0.1) is 15.1 Å². The smallest absolute Gasteiger partial charge is 0.279 e. The van der Waals surface area contributed by atoms with Crippen LogP contribution in [0.25, 0.3) is 10.2 Å². The van der Waals surface area contributed by atoms with Gasteiger partial charge in [-0.3, -0.25) is 9.52 Å². The number of thiazole rings is 1. The summed E-state index contributed by atoms with van der Waals surface area (Å²) in [6.45, 7) is 2.10. The van der Waals surface area contributed by atoms with Gasteiger partial charge in [-0.05, 0) is 54.4 Å². The number of rotatable bonds is 5. The molecule has 0 saturated carbocycles. The summed E-state index contributed by atoms with van der Waals surface area (Å²) >= 11 is 1.45. The number of hydrogen-bond acceptors (Lipinski definition) is 4. The van der Waals surface area contributed by atoms with Crippen molar-refractivity contribution in [3.63, 3.8) is 0 Å². The summed E-state index contributed by atoms with van der Waals surface area (Å²) < 4.78 is 30.6. The average Bonchev–Trinajstić information content (AvgIpc) is 3.08. The van der Waals surface area contributed by atoms with Gasteiger partial charge in [0.25, 0.3) is 15.9 Å². The van der Waals surface area contributed by atoms with E-state index in [0.717, 1.165) is 16.6 Å². The molecule has 0 bridgehead atoms. The minimum absolute atomic E-state index is 0.153. The highest BCUT2D eigenvalue weighted by Crippen LogP contribution is 2.20. The Kier molecular flexibility index (Phi) is 5.75. The number of hydrogen-bond donors (Lipinski definition) is 1. The van der Waals surface area contributed by atoms with Crippen LogP contribution in [0.3, 0.4) is 0 Å². The number of anilines is 1. The maximum Gasteiger partial charge on any atom is 0.279 e. The molecule has 0 saturated heterocycles. The largest absolute Gasteiger partial charge is 0.319 e. The van der Waals surface area contributed by atoms with Crippen molar-refractivity contribution in [2.24, 2.45) is 12.0 Å². The first-order valence-electron chi connectivity index (χ1n) is 9.73. The third-order valence-electron chi connectivity index (χ3n) is 4.89. The van der Waals surface area contributed by atoms with E-state index in [1.165, 1.54) is 35.1 Å². The first-order chi connectivity index (χ1) is 14.9. The van der Waals surface area contributed by atoms with Crippen molar-refractivity contribution >= 4 is 43.2 Å². The van der Waals surface area contributed by atoms with Crippen LogP contribution in [0, 0.1) is 0 Å². The van der Waals surface area contributed by atoms with Crippen molar-refractivity contribution in [2.45, 2.75) is 18.2 Å². The second-order valence-corrected chi connectivity index (χ2v) is 9.71. The van der Waals surface area contributed by atoms with Crippen LogP contribution in [0.4, 0.5) is 5.69 Å². The first kappa shape index (κ1) is 21.0. The second kappa shape index (κ2) is 8.49. The van der Waals surface area contributed by atoms with Crippen molar-refractivity contribution in [1.29, 1.82) is 0 Å². The topological polar surface area (TPSA) is 80.5 Å². The molecule has 0 atom stereocenters. The highest BCUT2D eigenvalue weighted by Gasteiger charge is 2.15. The lowest BCUT2D eigenvalue weighted by atomic mass is 10.2. The lowest BCUT2D eigenvalue weighted by Crippen LogP contribution is -2.14. The predicted molar refractivity (Wildman–Crippen MR) is 124 cm³/mol. The number of nitrogens with one attached hydrogen (secondary N) is 1. The van der Waals surface area contributed by atoms with E-state index in [4.69, 9.17) is 0 Å². The molecule has 1 heterocycles. The lowest BCUT2D eigenvalue weighted by Gasteiger charge is -2.08. The van der Waals surface area contributed by atoms with E-state index in [1.54, 1.807) is 36.4 Å². The highest BCUT2D eigenvalue weighted by atomic mass is 32.2. The lowest BCUT2D eigenvalue weighted by molar-refractivity contribution is 0.0998. The molecule has 0 aliphatic carbocycles. The number of nitrogens with zero attached hydrogens (tertiary/aromatic N) is 2. The van der Waals surface area contributed by atoms with E-state index in [1.807, 2.05) is 17.7 Å². The maximum absolute atomic E-state index is 12.8. The molecular formula is C23H21N3O3S2. The summed E-state index contributed by atoms with van der Waals surface area (Å²) in [5.74, 6) is -0.432. The minimum atomic E-state index is -3.74. The van der Waals surface area contributed by atoms with Crippen molar-refractivity contribution in [1.82, 2.24) is 4.57 Å². The molecule has 0 radical (unpaired) electrons. The summed E-state index contributed by atoms with van der Waals surface area (Å²) in [4.78, 5) is 17.8. The molecule has 0 fully saturated rings. The van der Waals surface area contributed by atoms with E-state index in [9.17, 15) is 13.2 Å². The zero-order chi connectivity index (χ0) is 22.0. The number of amides is 1. The van der Waals surface area contributed by atoms with Crippen LogP contribution < -0.4 is 9.52 Å². The van der Waals surface area contributed by atoms with Crippen molar-refractivity contribution in [3.8, 4) is 0 Å². The number of fused-ring (bicyclic) bond motifs is 1. The molecule has 0 aliphatic heterocycles. The third kappa shape index (κ3) is 4.45. The first-order valence-corrected chi connectivity index (χ1v) is 12.0. The van der Waals surface area contributed by atoms with Gasteiger partial charge in [-0.25, -0.2) is 8.42 Å². The van der Waals surface area contributed by atoms with E-state index in [-0.39, 0.29) is 4.90 Å². The Morgan fingerprint density at radius 3 is 2.55 bits per heavy atom. The molecule has 31 heavy (non-hydrogen) atoms. The fourth-order valence-electron chi connectivity index (χ4n) is 3.19. The van der Waals surface area contributed by atoms with Gasteiger partial charge in [-0.1, -0.05) is 48.6 Å². The van der Waals surface area contributed by atoms with Crippen LogP contribution in [0.5, 0.6) is 0 Å². The van der Waals surface area contributed by atoms with Gasteiger partial charge in [0.1, 0.15) is 0 Å². The molecule has 3 aromatic carbocycles. The molecule has 0 spiro atoms. The van der Waals surface area contributed by atoms with E-state index in [0.29, 0.717) is 16.1 Å². The Morgan fingerprint density at radius 2 is 1.81 bits per heavy atom. The molecular weight excluding hydrogens is 430 g/mol. The van der Waals surface area contributed by atoms with Gasteiger partial charge in [0.2, 0.25) is 0 Å². The second-order valence-electron chi connectivity index (χ2n) is 7.02. The van der Waals surface area contributed by atoms with Crippen molar-refractivity contribution in [3.05, 3.63) is 88.7 Å². The summed E-state index contributed by atoms with van der Waals surface area (Å²) in [5.41, 5.74) is 2.85. The number of sulfonamides is 1. The zero-order valence-corrected chi connectivity index (χ0v) is 18.7. The Morgan fingerprint density at radius 1 is 1.03 bits per heavy atom. The Balaban J connectivity index is 1.65. The quantitative estimate of drug-likeness (QED) is 0.490. The Labute approximate surface area is 184 Å². The van der Waals surface area contributed by atoms with Crippen molar-refractivity contribution < 1.29 is 13.2 Å². The van der Waals surface area contributed by atoms with Gasteiger partial charge in [-0.15, -0.1) is 0 Å². The maximum atomic E-state index is 12.8. The summed E-state index contributed by atoms with van der Waals surface area (Å²) in [7, 11) is -1.86. The van der Waals surface area contributed by atoms with Gasteiger partial charge in [-0.2, -0.15) is 4.99 Å². The fourth-order valence-corrected chi connectivity index (χ4v) is 5.34. The van der Waals surface area contributed by atoms with Gasteiger partial charge in [0, 0.05) is 18.3 Å². The van der Waals surface area contributed by atoms with Crippen LogP contribution in [0.1, 0.15) is 22.8 Å². The van der Waals surface area contributed by atoms with Gasteiger partial charge < -0.3 is 4.57 Å². The van der Waals surface area contributed by atoms with Crippen LogP contribution >= 0.6 is 11.3 Å². The number of aromatic nitrogens is 1. The average molecular weight is 452 g/mol. The van der Waals surface area contributed by atoms with Crippen molar-refractivity contribution in [2.75, 3.05) is 4.72 Å². The molecule has 6 nitrogen and oxygen atoms in total. The van der Waals surface area contributed by atoms with E-state index in [2.05, 4.69) is 28.8 Å². The van der Waals surface area contributed by atoms with Crippen LogP contribution in [0.15, 0.2) is 82.7 Å². The van der Waals surface area contributed by atoms with Gasteiger partial charge in [0.15, 0.2) is 4.80 Å². The summed E-state index contributed by atoms with van der Waals surface area (Å²) in [6.07, 6.45) is 0.939. The fraction of sp³-hybridized carbons (Fsp3) is 0.130. The summed E-state index contributed by atoms with van der Waals surface area (Å²) in [6, 6.07) is 20.6. The van der Waals surface area contributed by atoms with Crippen LogP contribution in [-0.2, 0) is 23.5 Å². The number of carbonyl (C=O) groups excluding carboxylic acids is 1. The van der Waals surface area contributed by atoms with E-state index < -0.39 is 15.9 Å². The van der Waals surface area contributed by atoms with Gasteiger partial charge >= 0.3 is 0 Å².